The topological polar surface area (TPSA) is 29.1 Å². The zero-order valence-corrected chi connectivity index (χ0v) is 7.11. The minimum atomic E-state index is 0.294. The molecule has 0 aliphatic rings. The summed E-state index contributed by atoms with van der Waals surface area (Å²) < 4.78 is 0. The molecule has 10 heavy (non-hydrogen) atoms. The number of Topliss-reactive ketones (excluding diaryl/α,β-unsaturated/α-hetero) is 1. The molecule has 2 nitrogen and oxygen atoms in total. The second kappa shape index (κ2) is 5.42. The van der Waals surface area contributed by atoms with E-state index in [9.17, 15) is 4.79 Å². The highest BCUT2D eigenvalue weighted by atomic mass is 16.1. The Kier molecular flexibility index (Phi) is 5.22. The Labute approximate surface area is 63.0 Å². The lowest BCUT2D eigenvalue weighted by Crippen LogP contribution is -2.16. The summed E-state index contributed by atoms with van der Waals surface area (Å²) >= 11 is 0. The Morgan fingerprint density at radius 3 is 2.60 bits per heavy atom. The molecule has 0 aromatic rings. The molecule has 0 saturated heterocycles. The predicted molar refractivity (Wildman–Crippen MR) is 43.0 cm³/mol. The van der Waals surface area contributed by atoms with Gasteiger partial charge in [0.25, 0.3) is 0 Å². The average Bonchev–Trinajstić information content (AvgIpc) is 1.85. The molecule has 1 atom stereocenters. The van der Waals surface area contributed by atoms with Gasteiger partial charge >= 0.3 is 0 Å². The SMILES string of the molecule is CNCC(C)CCC(C)=O. The van der Waals surface area contributed by atoms with Crippen molar-refractivity contribution in [1.82, 2.24) is 5.32 Å². The van der Waals surface area contributed by atoms with Gasteiger partial charge in [-0.15, -0.1) is 0 Å². The molecule has 0 aliphatic heterocycles. The fourth-order valence-corrected chi connectivity index (χ4v) is 0.900. The molecular weight excluding hydrogens is 126 g/mol. The van der Waals surface area contributed by atoms with Crippen molar-refractivity contribution in [2.45, 2.75) is 26.7 Å². The normalized spacial score (nSPS) is 13.1. The summed E-state index contributed by atoms with van der Waals surface area (Å²) in [4.78, 5) is 10.5. The highest BCUT2D eigenvalue weighted by Crippen LogP contribution is 2.03. The summed E-state index contributed by atoms with van der Waals surface area (Å²) in [5, 5.41) is 3.08. The van der Waals surface area contributed by atoms with Gasteiger partial charge in [0.15, 0.2) is 0 Å². The largest absolute Gasteiger partial charge is 0.319 e. The van der Waals surface area contributed by atoms with Crippen LogP contribution in [0.25, 0.3) is 0 Å². The van der Waals surface area contributed by atoms with Crippen molar-refractivity contribution in [2.75, 3.05) is 13.6 Å². The molecule has 0 saturated carbocycles. The summed E-state index contributed by atoms with van der Waals surface area (Å²) in [6, 6.07) is 0. The average molecular weight is 143 g/mol. The van der Waals surface area contributed by atoms with Crippen molar-refractivity contribution >= 4 is 5.78 Å². The number of rotatable bonds is 5. The monoisotopic (exact) mass is 143 g/mol. The number of nitrogens with one attached hydrogen (secondary N) is 1. The van der Waals surface area contributed by atoms with E-state index in [1.54, 1.807) is 6.92 Å². The van der Waals surface area contributed by atoms with E-state index < -0.39 is 0 Å². The van der Waals surface area contributed by atoms with E-state index in [0.717, 1.165) is 19.4 Å². The summed E-state index contributed by atoms with van der Waals surface area (Å²) in [5.41, 5.74) is 0. The molecule has 0 aliphatic carbocycles. The van der Waals surface area contributed by atoms with Crippen LogP contribution in [0.3, 0.4) is 0 Å². The van der Waals surface area contributed by atoms with Gasteiger partial charge < -0.3 is 10.1 Å². The highest BCUT2D eigenvalue weighted by Gasteiger charge is 2.01. The van der Waals surface area contributed by atoms with Crippen LogP contribution < -0.4 is 5.32 Å². The summed E-state index contributed by atoms with van der Waals surface area (Å²) in [5.74, 6) is 0.914. The van der Waals surface area contributed by atoms with E-state index in [4.69, 9.17) is 0 Å². The van der Waals surface area contributed by atoms with Crippen LogP contribution in [0.15, 0.2) is 0 Å². The zero-order chi connectivity index (χ0) is 7.98. The van der Waals surface area contributed by atoms with Gasteiger partial charge in [-0.25, -0.2) is 0 Å². The van der Waals surface area contributed by atoms with Crippen LogP contribution >= 0.6 is 0 Å². The van der Waals surface area contributed by atoms with Crippen LogP contribution in [0, 0.1) is 5.92 Å². The molecule has 0 fully saturated rings. The lowest BCUT2D eigenvalue weighted by molar-refractivity contribution is -0.117. The molecule has 0 heterocycles. The van der Waals surface area contributed by atoms with Gasteiger partial charge in [-0.05, 0) is 32.9 Å². The molecule has 0 spiro atoms. The minimum Gasteiger partial charge on any atom is -0.319 e. The first-order chi connectivity index (χ1) is 4.66. The van der Waals surface area contributed by atoms with E-state index in [2.05, 4.69) is 12.2 Å². The van der Waals surface area contributed by atoms with Gasteiger partial charge in [-0.1, -0.05) is 6.92 Å². The Morgan fingerprint density at radius 2 is 2.20 bits per heavy atom. The smallest absolute Gasteiger partial charge is 0.129 e. The van der Waals surface area contributed by atoms with Gasteiger partial charge in [0.05, 0.1) is 0 Å². The molecule has 0 amide bonds. The van der Waals surface area contributed by atoms with Crippen molar-refractivity contribution in [3.05, 3.63) is 0 Å². The summed E-state index contributed by atoms with van der Waals surface area (Å²) in [6.07, 6.45) is 1.74. The maximum absolute atomic E-state index is 10.5. The van der Waals surface area contributed by atoms with Crippen molar-refractivity contribution in [3.8, 4) is 0 Å². The molecule has 0 aromatic carbocycles. The lowest BCUT2D eigenvalue weighted by Gasteiger charge is -2.07. The second-order valence-electron chi connectivity index (χ2n) is 2.90. The molecule has 1 N–H and O–H groups in total. The third-order valence-corrected chi connectivity index (χ3v) is 1.54. The first-order valence-electron chi connectivity index (χ1n) is 3.81. The Balaban J connectivity index is 3.21. The van der Waals surface area contributed by atoms with Crippen LogP contribution in [-0.4, -0.2) is 19.4 Å². The number of carbonyl (C=O) groups excluding carboxylic acids is 1. The second-order valence-corrected chi connectivity index (χ2v) is 2.90. The number of carbonyl (C=O) groups is 1. The molecular formula is C8H17NO. The van der Waals surface area contributed by atoms with Crippen molar-refractivity contribution in [1.29, 1.82) is 0 Å². The van der Waals surface area contributed by atoms with E-state index in [1.807, 2.05) is 7.05 Å². The van der Waals surface area contributed by atoms with Gasteiger partial charge in [0, 0.05) is 6.42 Å². The molecule has 2 heteroatoms. The number of ketones is 1. The molecule has 0 rings (SSSR count). The highest BCUT2D eigenvalue weighted by molar-refractivity contribution is 5.75. The minimum absolute atomic E-state index is 0.294. The first-order valence-corrected chi connectivity index (χ1v) is 3.81. The van der Waals surface area contributed by atoms with Crippen LogP contribution in [0.4, 0.5) is 0 Å². The quantitative estimate of drug-likeness (QED) is 0.626. The molecule has 0 aromatic heterocycles. The zero-order valence-electron chi connectivity index (χ0n) is 7.11. The van der Waals surface area contributed by atoms with E-state index in [-0.39, 0.29) is 0 Å². The summed E-state index contributed by atoms with van der Waals surface area (Å²) in [6.45, 7) is 4.80. The van der Waals surface area contributed by atoms with Crippen LogP contribution in [0.1, 0.15) is 26.7 Å². The molecule has 60 valence electrons. The first kappa shape index (κ1) is 9.63. The maximum Gasteiger partial charge on any atom is 0.129 e. The summed E-state index contributed by atoms with van der Waals surface area (Å²) in [7, 11) is 1.93. The van der Waals surface area contributed by atoms with Crippen LogP contribution in [0.2, 0.25) is 0 Å². The van der Waals surface area contributed by atoms with Gasteiger partial charge in [0.1, 0.15) is 5.78 Å². The van der Waals surface area contributed by atoms with Crippen molar-refractivity contribution in [2.24, 2.45) is 5.92 Å². The predicted octanol–water partition coefficient (Wildman–Crippen LogP) is 1.21. The third-order valence-electron chi connectivity index (χ3n) is 1.54. The van der Waals surface area contributed by atoms with Crippen molar-refractivity contribution in [3.63, 3.8) is 0 Å². The van der Waals surface area contributed by atoms with Crippen LogP contribution in [-0.2, 0) is 4.79 Å². The third kappa shape index (κ3) is 5.76. The van der Waals surface area contributed by atoms with Gasteiger partial charge in [0.2, 0.25) is 0 Å². The number of hydrogen-bond donors (Lipinski definition) is 1. The fraction of sp³-hybridized carbons (Fsp3) is 0.875. The maximum atomic E-state index is 10.5. The van der Waals surface area contributed by atoms with Gasteiger partial charge in [-0.2, -0.15) is 0 Å². The fourth-order valence-electron chi connectivity index (χ4n) is 0.900. The molecule has 1 unspecified atom stereocenters. The Hall–Kier alpha value is -0.370. The van der Waals surface area contributed by atoms with Gasteiger partial charge in [-0.3, -0.25) is 0 Å². The molecule has 0 bridgehead atoms. The van der Waals surface area contributed by atoms with Crippen LogP contribution in [0.5, 0.6) is 0 Å². The van der Waals surface area contributed by atoms with E-state index in [0.29, 0.717) is 11.7 Å². The Morgan fingerprint density at radius 1 is 1.60 bits per heavy atom. The van der Waals surface area contributed by atoms with E-state index in [1.165, 1.54) is 0 Å². The number of hydrogen-bond acceptors (Lipinski definition) is 2. The van der Waals surface area contributed by atoms with E-state index >= 15 is 0 Å². The standard InChI is InChI=1S/C8H17NO/c1-7(6-9-3)4-5-8(2)10/h7,9H,4-6H2,1-3H3. The Bertz CT molecular complexity index is 101. The lowest BCUT2D eigenvalue weighted by atomic mass is 10.0. The van der Waals surface area contributed by atoms with Crippen molar-refractivity contribution < 1.29 is 4.79 Å². The molecule has 0 radical (unpaired) electrons.